The Labute approximate surface area is 82.3 Å². The molecule has 1 heterocycles. The van der Waals surface area contributed by atoms with Crippen LogP contribution in [-0.4, -0.2) is 46.9 Å². The molecule has 80 valence electrons. The minimum atomic E-state index is -1.18. The molecule has 3 amide bonds. The van der Waals surface area contributed by atoms with Crippen LogP contribution in [0.1, 0.15) is 13.8 Å². The summed E-state index contributed by atoms with van der Waals surface area (Å²) in [5.74, 6) is 0. The van der Waals surface area contributed by atoms with Crippen molar-refractivity contribution in [1.82, 2.24) is 5.32 Å². The predicted octanol–water partition coefficient (Wildman–Crippen LogP) is -0.0583. The molecular formula is C8H16N3O3+. The normalized spacial score (nSPS) is 31.0. The molecule has 0 aromatic carbocycles. The van der Waals surface area contributed by atoms with Gasteiger partial charge in [-0.3, -0.25) is 0 Å². The molecule has 0 aromatic heterocycles. The quantitative estimate of drug-likeness (QED) is 0.480. The highest BCUT2D eigenvalue weighted by atomic mass is 16.4. The molecule has 6 nitrogen and oxygen atoms in total. The number of amides is 3. The van der Waals surface area contributed by atoms with E-state index in [9.17, 15) is 9.59 Å². The van der Waals surface area contributed by atoms with Gasteiger partial charge in [-0.25, -0.2) is 4.79 Å². The summed E-state index contributed by atoms with van der Waals surface area (Å²) in [6, 6.07) is -0.802. The van der Waals surface area contributed by atoms with Crippen molar-refractivity contribution in [2.24, 2.45) is 5.73 Å². The fourth-order valence-corrected chi connectivity index (χ4v) is 1.94. The Hall–Kier alpha value is -1.14. The van der Waals surface area contributed by atoms with Gasteiger partial charge in [0.1, 0.15) is 12.1 Å². The van der Waals surface area contributed by atoms with Crippen molar-refractivity contribution >= 4 is 12.1 Å². The summed E-state index contributed by atoms with van der Waals surface area (Å²) < 4.78 is -0.694. The van der Waals surface area contributed by atoms with Gasteiger partial charge >= 0.3 is 12.1 Å². The SMILES string of the molecule is CC1(C)CNCC[N+]1(C(N)=O)C(=O)O. The zero-order chi connectivity index (χ0) is 11.0. The van der Waals surface area contributed by atoms with Gasteiger partial charge in [0.2, 0.25) is 0 Å². The third kappa shape index (κ3) is 1.27. The van der Waals surface area contributed by atoms with Crippen molar-refractivity contribution < 1.29 is 19.2 Å². The van der Waals surface area contributed by atoms with E-state index in [1.165, 1.54) is 0 Å². The Morgan fingerprint density at radius 3 is 2.36 bits per heavy atom. The number of quaternary nitrogens is 1. The first kappa shape index (κ1) is 10.9. The van der Waals surface area contributed by atoms with E-state index < -0.39 is 22.1 Å². The highest BCUT2D eigenvalue weighted by Gasteiger charge is 2.57. The summed E-state index contributed by atoms with van der Waals surface area (Å²) in [4.78, 5) is 22.5. The number of piperazine rings is 1. The second-order valence-electron chi connectivity index (χ2n) is 4.14. The molecule has 0 spiro atoms. The van der Waals surface area contributed by atoms with Crippen molar-refractivity contribution in [2.75, 3.05) is 19.6 Å². The maximum atomic E-state index is 11.3. The van der Waals surface area contributed by atoms with Crippen LogP contribution in [-0.2, 0) is 0 Å². The van der Waals surface area contributed by atoms with Gasteiger partial charge in [0.15, 0.2) is 0 Å². The van der Waals surface area contributed by atoms with Crippen LogP contribution in [0, 0.1) is 0 Å². The number of nitrogens with one attached hydrogen (secondary N) is 1. The molecule has 6 heteroatoms. The molecule has 1 atom stereocenters. The van der Waals surface area contributed by atoms with Crippen LogP contribution in [0.15, 0.2) is 0 Å². The Balaban J connectivity index is 3.18. The van der Waals surface area contributed by atoms with Gasteiger partial charge in [-0.1, -0.05) is 0 Å². The molecule has 1 saturated heterocycles. The zero-order valence-corrected chi connectivity index (χ0v) is 8.41. The maximum absolute atomic E-state index is 11.3. The van der Waals surface area contributed by atoms with E-state index in [4.69, 9.17) is 10.8 Å². The van der Waals surface area contributed by atoms with Gasteiger partial charge < -0.3 is 16.2 Å². The van der Waals surface area contributed by atoms with E-state index in [0.717, 1.165) is 0 Å². The third-order valence-corrected chi connectivity index (χ3v) is 2.92. The summed E-state index contributed by atoms with van der Waals surface area (Å²) in [5, 5.41) is 12.2. The van der Waals surface area contributed by atoms with Gasteiger partial charge in [-0.2, -0.15) is 4.79 Å². The first-order valence-electron chi connectivity index (χ1n) is 4.47. The predicted molar refractivity (Wildman–Crippen MR) is 49.7 cm³/mol. The fraction of sp³-hybridized carbons (Fsp3) is 0.750. The van der Waals surface area contributed by atoms with E-state index in [1.807, 2.05) is 0 Å². The molecular weight excluding hydrogens is 186 g/mol. The molecule has 1 unspecified atom stereocenters. The fourth-order valence-electron chi connectivity index (χ4n) is 1.94. The minimum absolute atomic E-state index is 0.192. The number of urea groups is 1. The van der Waals surface area contributed by atoms with Gasteiger partial charge in [0.05, 0.1) is 6.54 Å². The van der Waals surface area contributed by atoms with Crippen LogP contribution in [0.25, 0.3) is 0 Å². The van der Waals surface area contributed by atoms with E-state index in [0.29, 0.717) is 13.1 Å². The first-order valence-corrected chi connectivity index (χ1v) is 4.47. The van der Waals surface area contributed by atoms with Gasteiger partial charge in [0.25, 0.3) is 0 Å². The van der Waals surface area contributed by atoms with E-state index >= 15 is 0 Å². The number of primary amides is 1. The lowest BCUT2D eigenvalue weighted by Crippen LogP contribution is -2.76. The lowest BCUT2D eigenvalue weighted by atomic mass is 9.97. The summed E-state index contributed by atoms with van der Waals surface area (Å²) in [6.45, 7) is 4.58. The standard InChI is InChI=1S/C8H15N3O3/c1-8(2)5-10-3-4-11(8,6(9)12)7(13)14/h10H,3-5H2,1-2H3,(H2-,9,12,13,14)/p+1. The van der Waals surface area contributed by atoms with Crippen LogP contribution in [0.2, 0.25) is 0 Å². The molecule has 14 heavy (non-hydrogen) atoms. The second-order valence-corrected chi connectivity index (χ2v) is 4.14. The second kappa shape index (κ2) is 3.21. The molecule has 1 fully saturated rings. The van der Waals surface area contributed by atoms with E-state index in [-0.39, 0.29) is 6.54 Å². The topological polar surface area (TPSA) is 92.4 Å². The molecule has 0 aliphatic carbocycles. The molecule has 1 aliphatic heterocycles. The minimum Gasteiger partial charge on any atom is -0.435 e. The molecule has 0 saturated carbocycles. The largest absolute Gasteiger partial charge is 0.523 e. The monoisotopic (exact) mass is 202 g/mol. The Kier molecular flexibility index (Phi) is 2.51. The van der Waals surface area contributed by atoms with Crippen molar-refractivity contribution in [3.05, 3.63) is 0 Å². The summed E-state index contributed by atoms with van der Waals surface area (Å²) in [7, 11) is 0. The number of hydrogen-bond donors (Lipinski definition) is 3. The van der Waals surface area contributed by atoms with Gasteiger partial charge in [-0.15, -0.1) is 4.48 Å². The number of hydrogen-bond acceptors (Lipinski definition) is 3. The van der Waals surface area contributed by atoms with Crippen molar-refractivity contribution in [3.63, 3.8) is 0 Å². The number of nitrogens with two attached hydrogens (primary N) is 1. The number of carbonyl (C=O) groups excluding carboxylic acids is 1. The van der Waals surface area contributed by atoms with Gasteiger partial charge in [-0.05, 0) is 13.8 Å². The average Bonchev–Trinajstić information content (AvgIpc) is 2.02. The van der Waals surface area contributed by atoms with E-state index in [1.54, 1.807) is 13.8 Å². The van der Waals surface area contributed by atoms with Crippen LogP contribution in [0.5, 0.6) is 0 Å². The Morgan fingerprint density at radius 1 is 1.50 bits per heavy atom. The van der Waals surface area contributed by atoms with E-state index in [2.05, 4.69) is 5.32 Å². The summed E-state index contributed by atoms with van der Waals surface area (Å²) in [6.07, 6.45) is -1.18. The Bertz CT molecular complexity index is 261. The molecule has 1 aliphatic rings. The number of nitrogens with zero attached hydrogens (tertiary/aromatic N) is 1. The Morgan fingerprint density at radius 2 is 2.07 bits per heavy atom. The zero-order valence-electron chi connectivity index (χ0n) is 8.41. The lowest BCUT2D eigenvalue weighted by molar-refractivity contribution is -0.831. The summed E-state index contributed by atoms with van der Waals surface area (Å²) >= 11 is 0. The van der Waals surface area contributed by atoms with Crippen LogP contribution >= 0.6 is 0 Å². The lowest BCUT2D eigenvalue weighted by Gasteiger charge is -2.44. The molecule has 0 aromatic rings. The number of carboxylic acid groups (broad SMARTS) is 1. The molecule has 0 bridgehead atoms. The highest BCUT2D eigenvalue weighted by molar-refractivity contribution is 5.78. The van der Waals surface area contributed by atoms with Gasteiger partial charge in [0, 0.05) is 6.54 Å². The number of carbonyl (C=O) groups is 2. The molecule has 0 radical (unpaired) electrons. The van der Waals surface area contributed by atoms with Crippen LogP contribution < -0.4 is 11.1 Å². The first-order chi connectivity index (χ1) is 6.34. The number of rotatable bonds is 0. The number of imide groups is 1. The highest BCUT2D eigenvalue weighted by Crippen LogP contribution is 2.27. The van der Waals surface area contributed by atoms with Crippen LogP contribution in [0.3, 0.4) is 0 Å². The van der Waals surface area contributed by atoms with Crippen molar-refractivity contribution in [1.29, 1.82) is 0 Å². The van der Waals surface area contributed by atoms with Crippen molar-refractivity contribution in [2.45, 2.75) is 19.4 Å². The molecule has 1 rings (SSSR count). The molecule has 4 N–H and O–H groups in total. The smallest absolute Gasteiger partial charge is 0.435 e. The third-order valence-electron chi connectivity index (χ3n) is 2.92. The summed E-state index contributed by atoms with van der Waals surface area (Å²) in [5.41, 5.74) is 4.49. The maximum Gasteiger partial charge on any atom is 0.523 e. The van der Waals surface area contributed by atoms with Crippen LogP contribution in [0.4, 0.5) is 9.59 Å². The van der Waals surface area contributed by atoms with Crippen molar-refractivity contribution in [3.8, 4) is 0 Å². The average molecular weight is 202 g/mol.